The van der Waals surface area contributed by atoms with Crippen molar-refractivity contribution in [3.05, 3.63) is 35.4 Å². The van der Waals surface area contributed by atoms with Crippen LogP contribution >= 0.6 is 11.8 Å². The van der Waals surface area contributed by atoms with Crippen molar-refractivity contribution in [1.29, 1.82) is 0 Å². The molecule has 0 radical (unpaired) electrons. The third-order valence-corrected chi connectivity index (χ3v) is 8.20. The molecule has 8 heteroatoms. The van der Waals surface area contributed by atoms with E-state index in [4.69, 9.17) is 0 Å². The molecule has 0 aliphatic carbocycles. The van der Waals surface area contributed by atoms with Crippen LogP contribution in [0.1, 0.15) is 69.3 Å². The Morgan fingerprint density at radius 1 is 1.19 bits per heavy atom. The highest BCUT2D eigenvalue weighted by atomic mass is 32.2. The number of hydrogen-bond donors (Lipinski definition) is 3. The first-order valence-corrected chi connectivity index (χ1v) is 12.2. The van der Waals surface area contributed by atoms with Crippen LogP contribution in [-0.2, 0) is 9.59 Å². The van der Waals surface area contributed by atoms with Crippen molar-refractivity contribution in [2.75, 3.05) is 6.61 Å². The van der Waals surface area contributed by atoms with E-state index in [1.54, 1.807) is 22.7 Å². The molecule has 5 atom stereocenters. The van der Waals surface area contributed by atoms with Gasteiger partial charge in [0.1, 0.15) is 17.5 Å². The number of thioether (sulfide) groups is 1. The number of benzene rings is 1. The van der Waals surface area contributed by atoms with Crippen LogP contribution in [0.15, 0.2) is 24.3 Å². The zero-order chi connectivity index (χ0) is 23.8. The van der Waals surface area contributed by atoms with Gasteiger partial charge in [0.2, 0.25) is 11.8 Å². The average molecular weight is 462 g/mol. The molecule has 0 saturated carbocycles. The van der Waals surface area contributed by atoms with Crippen LogP contribution in [0.5, 0.6) is 0 Å². The van der Waals surface area contributed by atoms with Crippen molar-refractivity contribution < 1.29 is 19.5 Å². The fraction of sp³-hybridized carbons (Fsp3) is 0.625. The van der Waals surface area contributed by atoms with Crippen LogP contribution in [0.4, 0.5) is 0 Å². The summed E-state index contributed by atoms with van der Waals surface area (Å²) in [6, 6.07) is 5.65. The van der Waals surface area contributed by atoms with Crippen LogP contribution in [0, 0.1) is 11.8 Å². The number of nitrogens with zero attached hydrogens (tertiary/aromatic N) is 1. The van der Waals surface area contributed by atoms with Gasteiger partial charge in [-0.25, -0.2) is 0 Å². The zero-order valence-corrected chi connectivity index (χ0v) is 20.5. The Kier molecular flexibility index (Phi) is 7.25. The monoisotopic (exact) mass is 461 g/mol. The number of aliphatic hydroxyl groups excluding tert-OH is 1. The summed E-state index contributed by atoms with van der Waals surface area (Å²) in [4.78, 5) is 41.5. The first kappa shape index (κ1) is 24.6. The molecule has 0 aromatic heterocycles. The van der Waals surface area contributed by atoms with Crippen molar-refractivity contribution in [2.45, 2.75) is 76.2 Å². The molecule has 0 bridgehead atoms. The third kappa shape index (κ3) is 4.39. The lowest BCUT2D eigenvalue weighted by molar-refractivity contribution is -0.133. The summed E-state index contributed by atoms with van der Waals surface area (Å²) in [5.41, 5.74) is 1.57. The molecular formula is C24H35N3O4S. The molecule has 0 spiro atoms. The topological polar surface area (TPSA) is 98.7 Å². The van der Waals surface area contributed by atoms with Gasteiger partial charge in [-0.3, -0.25) is 14.4 Å². The minimum atomic E-state index is -0.750. The highest BCUT2D eigenvalue weighted by Crippen LogP contribution is 2.56. The van der Waals surface area contributed by atoms with E-state index < -0.39 is 16.8 Å². The predicted octanol–water partition coefficient (Wildman–Crippen LogP) is 2.70. The van der Waals surface area contributed by atoms with Gasteiger partial charge in [-0.05, 0) is 37.3 Å². The number of carbonyl (C=O) groups excluding carboxylic acids is 3. The lowest BCUT2D eigenvalue weighted by Crippen LogP contribution is -2.59. The average Bonchev–Trinajstić information content (AvgIpc) is 3.18. The van der Waals surface area contributed by atoms with Gasteiger partial charge < -0.3 is 20.6 Å². The number of carbonyl (C=O) groups is 3. The summed E-state index contributed by atoms with van der Waals surface area (Å²) in [5, 5.41) is 15.2. The van der Waals surface area contributed by atoms with Crippen molar-refractivity contribution in [1.82, 2.24) is 15.5 Å². The first-order chi connectivity index (χ1) is 15.0. The van der Waals surface area contributed by atoms with E-state index in [0.717, 1.165) is 5.56 Å². The summed E-state index contributed by atoms with van der Waals surface area (Å²) in [6.07, 6.45) is 0.698. The van der Waals surface area contributed by atoms with Crippen LogP contribution in [0.3, 0.4) is 0 Å². The minimum absolute atomic E-state index is 0.0592. The summed E-state index contributed by atoms with van der Waals surface area (Å²) in [7, 11) is 0. The standard InChI is InChI=1S/C24H35N3O4S/c1-7-14(4)18(20(29)25-17(12-28)13(2)3)26-21(30)19-24(5,6)32-23-16-11-9-8-10-15(16)22(31)27(19)23/h8-11,13-14,17-19,23,28H,7,12H2,1-6H3,(H,25,29)(H,26,30)/t14-,17-,18+,19-,23-/m1/s1. The maximum atomic E-state index is 13.6. The van der Waals surface area contributed by atoms with Gasteiger partial charge in [0.15, 0.2) is 0 Å². The van der Waals surface area contributed by atoms with E-state index in [1.165, 1.54) is 0 Å². The fourth-order valence-electron chi connectivity index (χ4n) is 4.43. The predicted molar refractivity (Wildman–Crippen MR) is 126 cm³/mol. The molecule has 7 nitrogen and oxygen atoms in total. The molecular weight excluding hydrogens is 426 g/mol. The highest BCUT2D eigenvalue weighted by Gasteiger charge is 2.57. The second-order valence-electron chi connectivity index (χ2n) is 9.69. The van der Waals surface area contributed by atoms with Crippen molar-refractivity contribution in [3.8, 4) is 0 Å². The lowest BCUT2D eigenvalue weighted by atomic mass is 9.95. The Bertz CT molecular complexity index is 888. The summed E-state index contributed by atoms with van der Waals surface area (Å²) >= 11 is 1.60. The first-order valence-electron chi connectivity index (χ1n) is 11.3. The Morgan fingerprint density at radius 2 is 1.84 bits per heavy atom. The SMILES string of the molecule is CC[C@@H](C)[C@H](NC(=O)[C@H]1N2C(=O)c3ccccc3[C@H]2SC1(C)C)C(=O)N[C@H](CO)C(C)C. The van der Waals surface area contributed by atoms with E-state index in [9.17, 15) is 19.5 Å². The van der Waals surface area contributed by atoms with E-state index in [-0.39, 0.29) is 47.6 Å². The molecule has 3 amide bonds. The Morgan fingerprint density at radius 3 is 2.44 bits per heavy atom. The molecule has 2 aliphatic rings. The number of hydrogen-bond acceptors (Lipinski definition) is 5. The third-order valence-electron chi connectivity index (χ3n) is 6.67. The summed E-state index contributed by atoms with van der Waals surface area (Å²) < 4.78 is -0.514. The van der Waals surface area contributed by atoms with Gasteiger partial charge in [0, 0.05) is 10.3 Å². The second-order valence-corrected chi connectivity index (χ2v) is 11.4. The van der Waals surface area contributed by atoms with Gasteiger partial charge in [-0.2, -0.15) is 0 Å². The van der Waals surface area contributed by atoms with Crippen LogP contribution < -0.4 is 10.6 Å². The number of amides is 3. The molecule has 1 saturated heterocycles. The van der Waals surface area contributed by atoms with E-state index >= 15 is 0 Å². The van der Waals surface area contributed by atoms with E-state index in [2.05, 4.69) is 10.6 Å². The van der Waals surface area contributed by atoms with E-state index in [0.29, 0.717) is 12.0 Å². The molecule has 1 aromatic rings. The molecule has 0 unspecified atom stereocenters. The van der Waals surface area contributed by atoms with Crippen molar-refractivity contribution in [3.63, 3.8) is 0 Å². The maximum absolute atomic E-state index is 13.6. The highest BCUT2D eigenvalue weighted by molar-refractivity contribution is 8.01. The number of rotatable bonds is 8. The fourth-order valence-corrected chi connectivity index (χ4v) is 6.02. The molecule has 3 N–H and O–H groups in total. The van der Waals surface area contributed by atoms with Crippen LogP contribution in [0.25, 0.3) is 0 Å². The van der Waals surface area contributed by atoms with Gasteiger partial charge in [0.05, 0.1) is 12.6 Å². The normalized spacial score (nSPS) is 24.0. The molecule has 32 heavy (non-hydrogen) atoms. The smallest absolute Gasteiger partial charge is 0.256 e. The van der Waals surface area contributed by atoms with Crippen LogP contribution in [-0.4, -0.2) is 57.2 Å². The van der Waals surface area contributed by atoms with Gasteiger partial charge >= 0.3 is 0 Å². The zero-order valence-electron chi connectivity index (χ0n) is 19.7. The summed E-state index contributed by atoms with van der Waals surface area (Å²) in [6.45, 7) is 11.5. The van der Waals surface area contributed by atoms with Gasteiger partial charge in [0.25, 0.3) is 5.91 Å². The Labute approximate surface area is 194 Å². The minimum Gasteiger partial charge on any atom is -0.394 e. The largest absolute Gasteiger partial charge is 0.394 e. The van der Waals surface area contributed by atoms with Crippen LogP contribution in [0.2, 0.25) is 0 Å². The number of aliphatic hydroxyl groups is 1. The molecule has 176 valence electrons. The summed E-state index contributed by atoms with van der Waals surface area (Å²) in [5.74, 6) is -0.824. The molecule has 2 heterocycles. The quantitative estimate of drug-likeness (QED) is 0.553. The van der Waals surface area contributed by atoms with Gasteiger partial charge in [-0.15, -0.1) is 11.8 Å². The Hall–Kier alpha value is -2.06. The molecule has 1 aromatic carbocycles. The number of fused-ring (bicyclic) bond motifs is 3. The second kappa shape index (κ2) is 9.43. The lowest BCUT2D eigenvalue weighted by Gasteiger charge is -2.33. The molecule has 2 aliphatic heterocycles. The van der Waals surface area contributed by atoms with Crippen molar-refractivity contribution >= 4 is 29.5 Å². The van der Waals surface area contributed by atoms with E-state index in [1.807, 2.05) is 59.7 Å². The molecule has 3 rings (SSSR count). The maximum Gasteiger partial charge on any atom is 0.256 e. The number of nitrogens with one attached hydrogen (secondary N) is 2. The van der Waals surface area contributed by atoms with Crippen molar-refractivity contribution in [2.24, 2.45) is 11.8 Å². The Balaban J connectivity index is 1.84. The van der Waals surface area contributed by atoms with Gasteiger partial charge in [-0.1, -0.05) is 52.3 Å². The molecule has 1 fully saturated rings.